The molecule has 2 aromatic heterocycles. The standard InChI is InChI=1S/C27H31N5O2/c1-18-15-21(19(2)31(18)23-11-7-5-8-12-23)16-22(17-28)26(33)29-25-20(3)30(4)32(27(25)34)24-13-9-6-10-14-24/h6,9-10,13-16,23H,5,7-8,11-12H2,1-4H3,(H,29,33)/b22-16-. The van der Waals surface area contributed by atoms with Crippen molar-refractivity contribution in [2.75, 3.05) is 5.32 Å². The number of anilines is 1. The molecule has 0 atom stereocenters. The topological polar surface area (TPSA) is 84.8 Å². The van der Waals surface area contributed by atoms with Crippen LogP contribution < -0.4 is 10.9 Å². The number of hydrogen-bond acceptors (Lipinski definition) is 3. The Morgan fingerprint density at radius 1 is 1.09 bits per heavy atom. The molecule has 34 heavy (non-hydrogen) atoms. The summed E-state index contributed by atoms with van der Waals surface area (Å²) < 4.78 is 5.54. The fourth-order valence-electron chi connectivity index (χ4n) is 5.05. The molecule has 4 rings (SSSR count). The predicted molar refractivity (Wildman–Crippen MR) is 134 cm³/mol. The summed E-state index contributed by atoms with van der Waals surface area (Å²) >= 11 is 0. The normalized spacial score (nSPS) is 14.7. The lowest BCUT2D eigenvalue weighted by molar-refractivity contribution is -0.112. The molecular formula is C27H31N5O2. The highest BCUT2D eigenvalue weighted by atomic mass is 16.2. The van der Waals surface area contributed by atoms with Crippen LogP contribution in [0.1, 0.15) is 60.8 Å². The quantitative estimate of drug-likeness (QED) is 0.434. The molecule has 1 aromatic carbocycles. The first kappa shape index (κ1) is 23.4. The van der Waals surface area contributed by atoms with E-state index in [1.165, 1.54) is 23.9 Å². The zero-order valence-electron chi connectivity index (χ0n) is 20.3. The van der Waals surface area contributed by atoms with Gasteiger partial charge in [0.15, 0.2) is 0 Å². The summed E-state index contributed by atoms with van der Waals surface area (Å²) in [6, 6.07) is 13.8. The van der Waals surface area contributed by atoms with E-state index in [0.29, 0.717) is 17.4 Å². The van der Waals surface area contributed by atoms with Crippen LogP contribution in [0.4, 0.5) is 5.69 Å². The Balaban J connectivity index is 1.64. The van der Waals surface area contributed by atoms with Crippen molar-refractivity contribution in [1.29, 1.82) is 5.26 Å². The van der Waals surface area contributed by atoms with Crippen molar-refractivity contribution in [3.05, 3.63) is 75.0 Å². The van der Waals surface area contributed by atoms with Crippen LogP contribution in [0.3, 0.4) is 0 Å². The highest BCUT2D eigenvalue weighted by Gasteiger charge is 2.22. The Morgan fingerprint density at radius 3 is 2.41 bits per heavy atom. The minimum Gasteiger partial charge on any atom is -0.346 e. The highest BCUT2D eigenvalue weighted by Crippen LogP contribution is 2.32. The first-order chi connectivity index (χ1) is 16.3. The van der Waals surface area contributed by atoms with Crippen LogP contribution in [0, 0.1) is 32.1 Å². The Kier molecular flexibility index (Phi) is 6.60. The SMILES string of the molecule is Cc1cc(/C=C(/C#N)C(=O)Nc2c(C)n(C)n(-c3ccccc3)c2=O)c(C)n1C1CCCCC1. The summed E-state index contributed by atoms with van der Waals surface area (Å²) in [6.45, 7) is 5.88. The van der Waals surface area contributed by atoms with Gasteiger partial charge in [-0.25, -0.2) is 4.68 Å². The van der Waals surface area contributed by atoms with Crippen molar-refractivity contribution in [3.63, 3.8) is 0 Å². The van der Waals surface area contributed by atoms with Crippen molar-refractivity contribution < 1.29 is 4.79 Å². The minimum absolute atomic E-state index is 0.0298. The third kappa shape index (κ3) is 4.24. The molecule has 0 unspecified atom stereocenters. The summed E-state index contributed by atoms with van der Waals surface area (Å²) in [5.41, 5.74) is 4.17. The molecule has 1 N–H and O–H groups in total. The Bertz CT molecular complexity index is 1340. The molecule has 0 aliphatic heterocycles. The van der Waals surface area contributed by atoms with Gasteiger partial charge in [-0.3, -0.25) is 14.3 Å². The van der Waals surface area contributed by atoms with E-state index in [0.717, 1.165) is 29.8 Å². The van der Waals surface area contributed by atoms with Gasteiger partial charge in [-0.15, -0.1) is 0 Å². The lowest BCUT2D eigenvalue weighted by atomic mass is 9.95. The number of nitrogens with one attached hydrogen (secondary N) is 1. The lowest BCUT2D eigenvalue weighted by Gasteiger charge is -2.26. The maximum Gasteiger partial charge on any atom is 0.295 e. The third-order valence-corrected chi connectivity index (χ3v) is 6.92. The van der Waals surface area contributed by atoms with Gasteiger partial charge in [0, 0.05) is 24.5 Å². The fourth-order valence-corrected chi connectivity index (χ4v) is 5.05. The van der Waals surface area contributed by atoms with Gasteiger partial charge in [-0.05, 0) is 63.5 Å². The van der Waals surface area contributed by atoms with Crippen molar-refractivity contribution in [1.82, 2.24) is 13.9 Å². The molecule has 2 heterocycles. The van der Waals surface area contributed by atoms with E-state index in [1.807, 2.05) is 49.4 Å². The van der Waals surface area contributed by atoms with Crippen LogP contribution in [-0.4, -0.2) is 19.8 Å². The van der Waals surface area contributed by atoms with E-state index in [2.05, 4.69) is 16.8 Å². The summed E-state index contributed by atoms with van der Waals surface area (Å²) in [7, 11) is 1.76. The van der Waals surface area contributed by atoms with Gasteiger partial charge in [-0.2, -0.15) is 5.26 Å². The number of carbonyl (C=O) groups is 1. The van der Waals surface area contributed by atoms with E-state index in [9.17, 15) is 14.9 Å². The number of para-hydroxylation sites is 1. The molecule has 176 valence electrons. The Morgan fingerprint density at radius 2 is 1.76 bits per heavy atom. The third-order valence-electron chi connectivity index (χ3n) is 6.92. The molecule has 1 fully saturated rings. The van der Waals surface area contributed by atoms with Crippen LogP contribution in [0.2, 0.25) is 0 Å². The minimum atomic E-state index is -0.587. The molecule has 1 saturated carbocycles. The summed E-state index contributed by atoms with van der Waals surface area (Å²) in [5, 5.41) is 12.4. The smallest absolute Gasteiger partial charge is 0.295 e. The van der Waals surface area contributed by atoms with Crippen molar-refractivity contribution in [3.8, 4) is 11.8 Å². The van der Waals surface area contributed by atoms with Gasteiger partial charge < -0.3 is 9.88 Å². The number of nitrogens with zero attached hydrogens (tertiary/aromatic N) is 4. The van der Waals surface area contributed by atoms with Crippen molar-refractivity contribution in [2.24, 2.45) is 7.05 Å². The predicted octanol–water partition coefficient (Wildman–Crippen LogP) is 4.95. The number of benzene rings is 1. The maximum absolute atomic E-state index is 13.1. The average Bonchev–Trinajstić information content (AvgIpc) is 3.24. The molecule has 1 aliphatic rings. The fraction of sp³-hybridized carbons (Fsp3) is 0.370. The zero-order chi connectivity index (χ0) is 24.4. The van der Waals surface area contributed by atoms with Crippen molar-refractivity contribution >= 4 is 17.7 Å². The number of hydrogen-bond donors (Lipinski definition) is 1. The van der Waals surface area contributed by atoms with Crippen LogP contribution in [-0.2, 0) is 11.8 Å². The number of nitriles is 1. The second-order valence-corrected chi connectivity index (χ2v) is 9.05. The molecule has 1 aliphatic carbocycles. The van der Waals surface area contributed by atoms with Crippen molar-refractivity contribution in [2.45, 2.75) is 58.9 Å². The molecule has 0 bridgehead atoms. The number of amides is 1. The monoisotopic (exact) mass is 457 g/mol. The van der Waals surface area contributed by atoms with Gasteiger partial charge >= 0.3 is 0 Å². The molecule has 0 radical (unpaired) electrons. The van der Waals surface area contributed by atoms with E-state index in [-0.39, 0.29) is 16.8 Å². The van der Waals surface area contributed by atoms with E-state index in [1.54, 1.807) is 24.7 Å². The first-order valence-electron chi connectivity index (χ1n) is 11.8. The molecular weight excluding hydrogens is 426 g/mol. The van der Waals surface area contributed by atoms with Crippen LogP contribution in [0.5, 0.6) is 0 Å². The van der Waals surface area contributed by atoms with E-state index < -0.39 is 5.91 Å². The van der Waals surface area contributed by atoms with Crippen LogP contribution >= 0.6 is 0 Å². The molecule has 7 heteroatoms. The Hall–Kier alpha value is -3.79. The van der Waals surface area contributed by atoms with Crippen LogP contribution in [0.25, 0.3) is 11.8 Å². The Labute approximate surface area is 199 Å². The second-order valence-electron chi connectivity index (χ2n) is 9.05. The van der Waals surface area contributed by atoms with Gasteiger partial charge in [0.05, 0.1) is 11.4 Å². The second kappa shape index (κ2) is 9.60. The molecule has 0 saturated heterocycles. The molecule has 3 aromatic rings. The average molecular weight is 458 g/mol. The zero-order valence-corrected chi connectivity index (χ0v) is 20.3. The van der Waals surface area contributed by atoms with Gasteiger partial charge in [-0.1, -0.05) is 37.5 Å². The lowest BCUT2D eigenvalue weighted by Crippen LogP contribution is -2.23. The van der Waals surface area contributed by atoms with E-state index >= 15 is 0 Å². The molecule has 7 nitrogen and oxygen atoms in total. The largest absolute Gasteiger partial charge is 0.346 e. The van der Waals surface area contributed by atoms with Gasteiger partial charge in [0.25, 0.3) is 11.5 Å². The number of carbonyl (C=O) groups excluding carboxylic acids is 1. The molecule has 0 spiro atoms. The van der Waals surface area contributed by atoms with E-state index in [4.69, 9.17) is 0 Å². The first-order valence-corrected chi connectivity index (χ1v) is 11.8. The maximum atomic E-state index is 13.1. The van der Waals surface area contributed by atoms with Gasteiger partial charge in [0.2, 0.25) is 0 Å². The number of aryl methyl sites for hydroxylation is 1. The number of rotatable bonds is 5. The number of aromatic nitrogens is 3. The summed E-state index contributed by atoms with van der Waals surface area (Å²) in [5.74, 6) is -0.587. The summed E-state index contributed by atoms with van der Waals surface area (Å²) in [6.07, 6.45) is 7.70. The van der Waals surface area contributed by atoms with Gasteiger partial charge in [0.1, 0.15) is 17.3 Å². The highest BCUT2D eigenvalue weighted by molar-refractivity contribution is 6.10. The summed E-state index contributed by atoms with van der Waals surface area (Å²) in [4.78, 5) is 26.2. The van der Waals surface area contributed by atoms with Crippen LogP contribution in [0.15, 0.2) is 46.8 Å². The molecule has 1 amide bonds.